The monoisotopic (exact) mass is 238 g/mol. The third-order valence-electron chi connectivity index (χ3n) is 2.18. The van der Waals surface area contributed by atoms with Gasteiger partial charge in [0.2, 0.25) is 5.95 Å². The van der Waals surface area contributed by atoms with E-state index in [0.29, 0.717) is 11.6 Å². The highest BCUT2D eigenvalue weighted by Crippen LogP contribution is 2.07. The van der Waals surface area contributed by atoms with Crippen LogP contribution in [0.1, 0.15) is 23.1 Å². The van der Waals surface area contributed by atoms with E-state index in [-0.39, 0.29) is 12.5 Å². The minimum atomic E-state index is -0.560. The molecule has 0 bridgehead atoms. The molecular weight excluding hydrogens is 220 g/mol. The van der Waals surface area contributed by atoms with Gasteiger partial charge in [0.1, 0.15) is 5.69 Å². The molecule has 2 N–H and O–H groups in total. The van der Waals surface area contributed by atoms with E-state index in [1.165, 1.54) is 4.90 Å². The van der Waals surface area contributed by atoms with Crippen molar-refractivity contribution in [1.29, 1.82) is 0 Å². The number of aliphatic hydroxyl groups excluding tert-OH is 1. The minimum absolute atomic E-state index is 0.229. The molecule has 0 saturated carbocycles. The third kappa shape index (κ3) is 3.67. The molecule has 1 aromatic heterocycles. The normalized spacial score (nSPS) is 12.1. The Morgan fingerprint density at radius 3 is 2.76 bits per heavy atom. The third-order valence-corrected chi connectivity index (χ3v) is 2.18. The van der Waals surface area contributed by atoms with Crippen molar-refractivity contribution in [1.82, 2.24) is 14.9 Å². The number of rotatable bonds is 4. The van der Waals surface area contributed by atoms with Crippen LogP contribution in [0.2, 0.25) is 0 Å². The van der Waals surface area contributed by atoms with Crippen LogP contribution in [0.3, 0.4) is 0 Å². The molecule has 1 atom stereocenters. The van der Waals surface area contributed by atoms with Crippen LogP contribution in [0.25, 0.3) is 0 Å². The van der Waals surface area contributed by atoms with Gasteiger partial charge in [0, 0.05) is 26.3 Å². The topological polar surface area (TPSA) is 78.4 Å². The lowest BCUT2D eigenvalue weighted by molar-refractivity contribution is 0.0698. The number of amides is 1. The van der Waals surface area contributed by atoms with E-state index in [1.54, 1.807) is 34.0 Å². The molecule has 17 heavy (non-hydrogen) atoms. The number of carbonyl (C=O) groups excluding carboxylic acids is 1. The standard InChI is InChI=1S/C11H18N4O2/c1-7-5-9(14-11(12-3)13-7)10(17)15(4)6-8(2)16/h5,8,16H,6H2,1-4H3,(H,12,13,14). The number of likely N-dealkylation sites (N-methyl/N-ethyl adjacent to an activating group) is 1. The number of nitrogens with one attached hydrogen (secondary N) is 1. The predicted octanol–water partition coefficient (Wildman–Crippen LogP) is 0.280. The summed E-state index contributed by atoms with van der Waals surface area (Å²) in [5, 5.41) is 12.0. The molecule has 0 saturated heterocycles. The van der Waals surface area contributed by atoms with Crippen molar-refractivity contribution < 1.29 is 9.90 Å². The Bertz CT molecular complexity index is 406. The summed E-state index contributed by atoms with van der Waals surface area (Å²) in [6, 6.07) is 1.63. The van der Waals surface area contributed by atoms with Gasteiger partial charge in [-0.1, -0.05) is 0 Å². The molecule has 0 aliphatic carbocycles. The van der Waals surface area contributed by atoms with E-state index in [2.05, 4.69) is 15.3 Å². The van der Waals surface area contributed by atoms with Crippen molar-refractivity contribution in [2.45, 2.75) is 20.0 Å². The first kappa shape index (κ1) is 13.4. The number of hydrogen-bond donors (Lipinski definition) is 2. The zero-order valence-corrected chi connectivity index (χ0v) is 10.6. The zero-order chi connectivity index (χ0) is 13.0. The van der Waals surface area contributed by atoms with Crippen LogP contribution in [0.15, 0.2) is 6.07 Å². The second-order valence-corrected chi connectivity index (χ2v) is 4.00. The van der Waals surface area contributed by atoms with Crippen LogP contribution in [0, 0.1) is 6.92 Å². The van der Waals surface area contributed by atoms with Gasteiger partial charge in [-0.2, -0.15) is 0 Å². The van der Waals surface area contributed by atoms with Crippen molar-refractivity contribution in [3.05, 3.63) is 17.5 Å². The Hall–Kier alpha value is -1.69. The molecule has 6 nitrogen and oxygen atoms in total. The van der Waals surface area contributed by atoms with E-state index >= 15 is 0 Å². The summed E-state index contributed by atoms with van der Waals surface area (Å²) >= 11 is 0. The number of anilines is 1. The lowest BCUT2D eigenvalue weighted by atomic mass is 10.3. The highest BCUT2D eigenvalue weighted by molar-refractivity contribution is 5.92. The second-order valence-electron chi connectivity index (χ2n) is 4.00. The number of aliphatic hydroxyl groups is 1. The van der Waals surface area contributed by atoms with Crippen LogP contribution in [0.4, 0.5) is 5.95 Å². The molecule has 0 radical (unpaired) electrons. The average molecular weight is 238 g/mol. The van der Waals surface area contributed by atoms with E-state index in [9.17, 15) is 9.90 Å². The molecule has 1 heterocycles. The van der Waals surface area contributed by atoms with Crippen molar-refractivity contribution in [3.8, 4) is 0 Å². The van der Waals surface area contributed by atoms with Crippen LogP contribution in [-0.4, -0.2) is 52.6 Å². The average Bonchev–Trinajstić information content (AvgIpc) is 2.26. The van der Waals surface area contributed by atoms with Gasteiger partial charge >= 0.3 is 0 Å². The summed E-state index contributed by atoms with van der Waals surface area (Å²) in [5.74, 6) is 0.187. The lowest BCUT2D eigenvalue weighted by Crippen LogP contribution is -2.33. The molecule has 0 aromatic carbocycles. The number of hydrogen-bond acceptors (Lipinski definition) is 5. The molecule has 1 amide bonds. The largest absolute Gasteiger partial charge is 0.392 e. The summed E-state index contributed by atoms with van der Waals surface area (Å²) in [7, 11) is 3.33. The maximum Gasteiger partial charge on any atom is 0.272 e. The highest BCUT2D eigenvalue weighted by atomic mass is 16.3. The highest BCUT2D eigenvalue weighted by Gasteiger charge is 2.16. The van der Waals surface area contributed by atoms with Crippen LogP contribution >= 0.6 is 0 Å². The van der Waals surface area contributed by atoms with E-state index in [1.807, 2.05) is 0 Å². The summed E-state index contributed by atoms with van der Waals surface area (Å²) in [4.78, 5) is 21.6. The van der Waals surface area contributed by atoms with Gasteiger partial charge in [-0.15, -0.1) is 0 Å². The molecule has 0 aliphatic rings. The van der Waals surface area contributed by atoms with Crippen LogP contribution in [-0.2, 0) is 0 Å². The van der Waals surface area contributed by atoms with E-state index in [4.69, 9.17) is 0 Å². The van der Waals surface area contributed by atoms with Gasteiger partial charge in [0.05, 0.1) is 6.10 Å². The maximum atomic E-state index is 12.0. The van der Waals surface area contributed by atoms with Crippen molar-refractivity contribution in [3.63, 3.8) is 0 Å². The molecule has 94 valence electrons. The smallest absolute Gasteiger partial charge is 0.272 e. The van der Waals surface area contributed by atoms with Crippen molar-refractivity contribution >= 4 is 11.9 Å². The summed E-state index contributed by atoms with van der Waals surface area (Å²) < 4.78 is 0. The Balaban J connectivity index is 2.91. The van der Waals surface area contributed by atoms with Crippen LogP contribution in [0.5, 0.6) is 0 Å². The predicted molar refractivity (Wildman–Crippen MR) is 65.0 cm³/mol. The second kappa shape index (κ2) is 5.58. The fourth-order valence-electron chi connectivity index (χ4n) is 1.46. The van der Waals surface area contributed by atoms with Crippen molar-refractivity contribution in [2.24, 2.45) is 0 Å². The molecule has 6 heteroatoms. The van der Waals surface area contributed by atoms with Gasteiger partial charge in [0.15, 0.2) is 0 Å². The zero-order valence-electron chi connectivity index (χ0n) is 10.6. The van der Waals surface area contributed by atoms with Gasteiger partial charge in [-0.05, 0) is 19.9 Å². The maximum absolute atomic E-state index is 12.0. The fourth-order valence-corrected chi connectivity index (χ4v) is 1.46. The molecule has 1 rings (SSSR count). The Morgan fingerprint density at radius 1 is 1.59 bits per heavy atom. The summed E-state index contributed by atoms with van der Waals surface area (Å²) in [6.07, 6.45) is -0.560. The minimum Gasteiger partial charge on any atom is -0.392 e. The molecule has 0 aliphatic heterocycles. The summed E-state index contributed by atoms with van der Waals surface area (Å²) in [6.45, 7) is 3.71. The van der Waals surface area contributed by atoms with Crippen molar-refractivity contribution in [2.75, 3.05) is 26.0 Å². The van der Waals surface area contributed by atoms with E-state index < -0.39 is 6.10 Å². The van der Waals surface area contributed by atoms with Gasteiger partial charge in [-0.3, -0.25) is 4.79 Å². The first-order chi connectivity index (χ1) is 7.93. The first-order valence-corrected chi connectivity index (χ1v) is 5.41. The quantitative estimate of drug-likeness (QED) is 0.787. The van der Waals surface area contributed by atoms with Gasteiger partial charge < -0.3 is 15.3 Å². The Labute approximate surface area is 101 Å². The molecule has 0 fully saturated rings. The molecule has 0 spiro atoms. The fraction of sp³-hybridized carbons (Fsp3) is 0.545. The first-order valence-electron chi connectivity index (χ1n) is 5.41. The Kier molecular flexibility index (Phi) is 4.39. The van der Waals surface area contributed by atoms with E-state index in [0.717, 1.165) is 5.69 Å². The SMILES string of the molecule is CNc1nc(C)cc(C(=O)N(C)CC(C)O)n1. The van der Waals surface area contributed by atoms with Crippen LogP contribution < -0.4 is 5.32 Å². The van der Waals surface area contributed by atoms with Gasteiger partial charge in [-0.25, -0.2) is 9.97 Å². The number of carbonyl (C=O) groups is 1. The summed E-state index contributed by atoms with van der Waals surface area (Å²) in [5.41, 5.74) is 1.04. The number of aromatic nitrogens is 2. The number of nitrogens with zero attached hydrogens (tertiary/aromatic N) is 3. The molecule has 1 unspecified atom stereocenters. The lowest BCUT2D eigenvalue weighted by Gasteiger charge is -2.18. The molecule has 1 aromatic rings. The number of aryl methyl sites for hydroxylation is 1. The van der Waals surface area contributed by atoms with Gasteiger partial charge in [0.25, 0.3) is 5.91 Å². The Morgan fingerprint density at radius 2 is 2.24 bits per heavy atom. The molecular formula is C11H18N4O2.